The monoisotopic (exact) mass is 217 g/mol. The summed E-state index contributed by atoms with van der Waals surface area (Å²) in [7, 11) is 0. The largest absolute Gasteiger partial charge is 0.285 e. The Morgan fingerprint density at radius 1 is 1.56 bits per heavy atom. The highest BCUT2D eigenvalue weighted by Gasteiger charge is 2.18. The van der Waals surface area contributed by atoms with Crippen molar-refractivity contribution in [2.24, 2.45) is 0 Å². The van der Waals surface area contributed by atoms with Gasteiger partial charge >= 0.3 is 0 Å². The fraction of sp³-hybridized carbons (Fsp3) is 0.182. The Morgan fingerprint density at radius 3 is 3.12 bits per heavy atom. The summed E-state index contributed by atoms with van der Waals surface area (Å²) in [5, 5.41) is 6.39. The summed E-state index contributed by atoms with van der Waals surface area (Å²) < 4.78 is 0. The van der Waals surface area contributed by atoms with E-state index in [1.165, 1.54) is 17.1 Å². The molecule has 0 saturated heterocycles. The molecule has 0 fully saturated rings. The third-order valence-corrected chi connectivity index (χ3v) is 2.25. The molecular formula is C11H11N3O2. The van der Waals surface area contributed by atoms with Crippen molar-refractivity contribution >= 4 is 17.9 Å². The van der Waals surface area contributed by atoms with Crippen molar-refractivity contribution in [3.8, 4) is 0 Å². The molecule has 0 unspecified atom stereocenters. The minimum absolute atomic E-state index is 0.256. The van der Waals surface area contributed by atoms with E-state index < -0.39 is 0 Å². The van der Waals surface area contributed by atoms with Gasteiger partial charge in [-0.25, -0.2) is 0 Å². The van der Waals surface area contributed by atoms with Crippen molar-refractivity contribution in [3.63, 3.8) is 0 Å². The Bertz CT molecular complexity index is 446. The number of carbonyl (C=O) groups excluding carboxylic acids is 2. The highest BCUT2D eigenvalue weighted by Crippen LogP contribution is 2.05. The van der Waals surface area contributed by atoms with Crippen LogP contribution >= 0.6 is 0 Å². The quantitative estimate of drug-likeness (QED) is 0.743. The smallest absolute Gasteiger partial charge is 0.253 e. The molecule has 2 heterocycles. The van der Waals surface area contributed by atoms with Crippen LogP contribution in [0.2, 0.25) is 0 Å². The number of amides is 2. The number of H-pyrrole nitrogens is 1. The number of imide groups is 1. The van der Waals surface area contributed by atoms with Gasteiger partial charge in [0.25, 0.3) is 11.8 Å². The van der Waals surface area contributed by atoms with E-state index in [-0.39, 0.29) is 11.8 Å². The van der Waals surface area contributed by atoms with Gasteiger partial charge in [0.05, 0.1) is 6.20 Å². The first-order chi connectivity index (χ1) is 7.77. The average Bonchev–Trinajstić information content (AvgIpc) is 2.79. The summed E-state index contributed by atoms with van der Waals surface area (Å²) in [6.45, 7) is 0.448. The molecular weight excluding hydrogens is 206 g/mol. The number of nitrogens with one attached hydrogen (secondary N) is 1. The minimum atomic E-state index is -0.296. The summed E-state index contributed by atoms with van der Waals surface area (Å²) in [5.74, 6) is -0.552. The van der Waals surface area contributed by atoms with E-state index in [4.69, 9.17) is 0 Å². The maximum atomic E-state index is 11.7. The van der Waals surface area contributed by atoms with E-state index >= 15 is 0 Å². The predicted molar refractivity (Wildman–Crippen MR) is 58.1 cm³/mol. The number of aromatic nitrogens is 2. The van der Waals surface area contributed by atoms with Crippen LogP contribution in [0.5, 0.6) is 0 Å². The van der Waals surface area contributed by atoms with Crippen LogP contribution in [0.1, 0.15) is 12.0 Å². The number of carbonyl (C=O) groups is 2. The number of aromatic amines is 1. The number of hydrogen-bond acceptors (Lipinski definition) is 3. The van der Waals surface area contributed by atoms with Gasteiger partial charge in [0.1, 0.15) is 0 Å². The molecule has 5 nitrogen and oxygen atoms in total. The fourth-order valence-electron chi connectivity index (χ4n) is 1.42. The molecule has 0 aromatic carbocycles. The van der Waals surface area contributed by atoms with Gasteiger partial charge in [0.15, 0.2) is 0 Å². The molecule has 0 saturated carbocycles. The zero-order valence-corrected chi connectivity index (χ0v) is 8.59. The lowest BCUT2D eigenvalue weighted by atomic mass is 10.2. The first-order valence-corrected chi connectivity index (χ1v) is 4.96. The second-order valence-corrected chi connectivity index (χ2v) is 3.38. The van der Waals surface area contributed by atoms with Gasteiger partial charge in [-0.05, 0) is 18.6 Å². The fourth-order valence-corrected chi connectivity index (χ4v) is 1.42. The second kappa shape index (κ2) is 4.57. The van der Waals surface area contributed by atoms with Gasteiger partial charge in [0.2, 0.25) is 0 Å². The normalized spacial score (nSPS) is 16.0. The molecule has 82 valence electrons. The lowest BCUT2D eigenvalue weighted by Crippen LogP contribution is -2.37. The average molecular weight is 217 g/mol. The molecule has 2 rings (SSSR count). The SMILES string of the molecule is O=C1C=CCCN1C(=O)C=Cc1cn[nH]c1. The van der Waals surface area contributed by atoms with Crippen LogP contribution in [-0.2, 0) is 9.59 Å². The highest BCUT2D eigenvalue weighted by atomic mass is 16.2. The van der Waals surface area contributed by atoms with Crippen LogP contribution < -0.4 is 0 Å². The highest BCUT2D eigenvalue weighted by molar-refractivity contribution is 6.06. The number of nitrogens with zero attached hydrogens (tertiary/aromatic N) is 2. The molecule has 1 aromatic heterocycles. The van der Waals surface area contributed by atoms with Crippen molar-refractivity contribution in [2.45, 2.75) is 6.42 Å². The number of rotatable bonds is 2. The molecule has 1 aliphatic heterocycles. The summed E-state index contributed by atoms with van der Waals surface area (Å²) in [6, 6.07) is 0. The molecule has 0 bridgehead atoms. The van der Waals surface area contributed by atoms with E-state index in [1.54, 1.807) is 24.5 Å². The third kappa shape index (κ3) is 2.25. The Morgan fingerprint density at radius 2 is 2.44 bits per heavy atom. The van der Waals surface area contributed by atoms with E-state index in [2.05, 4.69) is 10.2 Å². The maximum Gasteiger partial charge on any atom is 0.253 e. The Balaban J connectivity index is 2.03. The molecule has 2 amide bonds. The number of hydrogen-bond donors (Lipinski definition) is 1. The minimum Gasteiger partial charge on any atom is -0.285 e. The van der Waals surface area contributed by atoms with Crippen molar-refractivity contribution in [1.82, 2.24) is 15.1 Å². The molecule has 1 aromatic rings. The summed E-state index contributed by atoms with van der Waals surface area (Å²) >= 11 is 0. The van der Waals surface area contributed by atoms with Crippen LogP contribution in [0.3, 0.4) is 0 Å². The predicted octanol–water partition coefficient (Wildman–Crippen LogP) is 0.738. The van der Waals surface area contributed by atoms with Gasteiger partial charge in [-0.1, -0.05) is 6.08 Å². The van der Waals surface area contributed by atoms with Crippen molar-refractivity contribution in [2.75, 3.05) is 6.54 Å². The van der Waals surface area contributed by atoms with Gasteiger partial charge in [-0.2, -0.15) is 5.10 Å². The van der Waals surface area contributed by atoms with Crippen molar-refractivity contribution in [1.29, 1.82) is 0 Å². The second-order valence-electron chi connectivity index (χ2n) is 3.38. The Labute approximate surface area is 92.4 Å². The van der Waals surface area contributed by atoms with E-state index in [0.29, 0.717) is 6.54 Å². The lowest BCUT2D eigenvalue weighted by Gasteiger charge is -2.19. The Kier molecular flexibility index (Phi) is 2.95. The van der Waals surface area contributed by atoms with E-state index in [0.717, 1.165) is 12.0 Å². The van der Waals surface area contributed by atoms with Crippen LogP contribution in [0.25, 0.3) is 6.08 Å². The molecule has 16 heavy (non-hydrogen) atoms. The Hall–Kier alpha value is -2.17. The van der Waals surface area contributed by atoms with Crippen LogP contribution in [0.4, 0.5) is 0 Å². The molecule has 0 atom stereocenters. The topological polar surface area (TPSA) is 66.1 Å². The van der Waals surface area contributed by atoms with Crippen LogP contribution in [0.15, 0.2) is 30.6 Å². The molecule has 0 spiro atoms. The molecule has 0 radical (unpaired) electrons. The summed E-state index contributed by atoms with van der Waals surface area (Å²) in [4.78, 5) is 24.2. The van der Waals surface area contributed by atoms with Crippen molar-refractivity contribution < 1.29 is 9.59 Å². The summed E-state index contributed by atoms with van der Waals surface area (Å²) in [6.07, 6.45) is 10.2. The van der Waals surface area contributed by atoms with Crippen LogP contribution in [-0.4, -0.2) is 33.5 Å². The molecule has 5 heteroatoms. The standard InChI is InChI=1S/C11H11N3O2/c15-10-3-1-2-6-14(10)11(16)5-4-9-7-12-13-8-9/h1,3-5,7-8H,2,6H2,(H,12,13). The lowest BCUT2D eigenvalue weighted by molar-refractivity contribution is -0.139. The first kappa shape index (κ1) is 10.4. The summed E-state index contributed by atoms with van der Waals surface area (Å²) in [5.41, 5.74) is 0.799. The molecule has 1 aliphatic rings. The first-order valence-electron chi connectivity index (χ1n) is 4.96. The third-order valence-electron chi connectivity index (χ3n) is 2.25. The van der Waals surface area contributed by atoms with Gasteiger partial charge in [0, 0.05) is 24.4 Å². The van der Waals surface area contributed by atoms with Crippen LogP contribution in [0, 0.1) is 0 Å². The van der Waals surface area contributed by atoms with E-state index in [9.17, 15) is 9.59 Å². The zero-order valence-electron chi connectivity index (χ0n) is 8.59. The molecule has 0 aliphatic carbocycles. The van der Waals surface area contributed by atoms with Gasteiger partial charge in [-0.15, -0.1) is 0 Å². The van der Waals surface area contributed by atoms with Crippen molar-refractivity contribution in [3.05, 3.63) is 36.2 Å². The molecule has 1 N–H and O–H groups in total. The van der Waals surface area contributed by atoms with Gasteiger partial charge < -0.3 is 0 Å². The zero-order chi connectivity index (χ0) is 11.4. The maximum absolute atomic E-state index is 11.7. The van der Waals surface area contributed by atoms with Gasteiger partial charge in [-0.3, -0.25) is 19.6 Å². The van der Waals surface area contributed by atoms with E-state index in [1.807, 2.05) is 0 Å².